The summed E-state index contributed by atoms with van der Waals surface area (Å²) >= 11 is 1.59. The molecule has 17 heavy (non-hydrogen) atoms. The first-order valence-corrected chi connectivity index (χ1v) is 5.87. The Kier molecular flexibility index (Phi) is 2.45. The highest BCUT2D eigenvalue weighted by Gasteiger charge is 2.09. The molecule has 5 heteroatoms. The number of fused-ring (bicyclic) bond motifs is 1. The SMILES string of the molecule is [O-][n+]1onc2ccc(Sc3ccccc3)cc21. The average Bonchev–Trinajstić information content (AvgIpc) is 2.73. The van der Waals surface area contributed by atoms with Gasteiger partial charge in [-0.1, -0.05) is 30.0 Å². The van der Waals surface area contributed by atoms with Crippen LogP contribution in [0.4, 0.5) is 0 Å². The molecule has 0 bridgehead atoms. The highest BCUT2D eigenvalue weighted by Crippen LogP contribution is 2.28. The predicted octanol–water partition coefficient (Wildman–Crippen LogP) is 2.61. The summed E-state index contributed by atoms with van der Waals surface area (Å²) in [6.07, 6.45) is 0. The quantitative estimate of drug-likeness (QED) is 0.650. The Morgan fingerprint density at radius 1 is 1.06 bits per heavy atom. The van der Waals surface area contributed by atoms with Crippen molar-refractivity contribution in [3.63, 3.8) is 0 Å². The lowest BCUT2D eigenvalue weighted by molar-refractivity contribution is -0.782. The molecule has 0 atom stereocenters. The van der Waals surface area contributed by atoms with Crippen molar-refractivity contribution in [2.75, 3.05) is 0 Å². The van der Waals surface area contributed by atoms with Crippen LogP contribution in [0.1, 0.15) is 0 Å². The van der Waals surface area contributed by atoms with E-state index in [-0.39, 0.29) is 0 Å². The zero-order valence-electron chi connectivity index (χ0n) is 8.74. The molecule has 0 radical (unpaired) electrons. The first-order valence-electron chi connectivity index (χ1n) is 5.05. The summed E-state index contributed by atoms with van der Waals surface area (Å²) in [6, 6.07) is 15.4. The standard InChI is InChI=1S/C12H8N2O2S/c15-14-12-8-10(6-7-11(12)13-16-14)17-9-4-2-1-3-5-9/h1-8H. The second-order valence-corrected chi connectivity index (χ2v) is 4.64. The monoisotopic (exact) mass is 244 g/mol. The van der Waals surface area contributed by atoms with Gasteiger partial charge in [-0.2, -0.15) is 0 Å². The van der Waals surface area contributed by atoms with Crippen molar-refractivity contribution in [1.29, 1.82) is 0 Å². The van der Waals surface area contributed by atoms with E-state index in [0.717, 1.165) is 9.79 Å². The van der Waals surface area contributed by atoms with Gasteiger partial charge in [0.15, 0.2) is 0 Å². The van der Waals surface area contributed by atoms with Crippen LogP contribution in [-0.4, -0.2) is 5.16 Å². The van der Waals surface area contributed by atoms with E-state index in [1.165, 1.54) is 0 Å². The molecule has 0 aliphatic rings. The highest BCUT2D eigenvalue weighted by atomic mass is 32.2. The predicted molar refractivity (Wildman–Crippen MR) is 63.5 cm³/mol. The van der Waals surface area contributed by atoms with Gasteiger partial charge in [-0.05, 0) is 29.2 Å². The van der Waals surface area contributed by atoms with Gasteiger partial charge in [0, 0.05) is 21.0 Å². The molecule has 0 spiro atoms. The van der Waals surface area contributed by atoms with Crippen molar-refractivity contribution in [1.82, 2.24) is 5.16 Å². The molecule has 0 amide bonds. The minimum atomic E-state index is 0.421. The molecule has 4 nitrogen and oxygen atoms in total. The molecule has 0 aliphatic carbocycles. The van der Waals surface area contributed by atoms with E-state index >= 15 is 0 Å². The number of rotatable bonds is 2. The maximum atomic E-state index is 11.3. The lowest BCUT2D eigenvalue weighted by Gasteiger charge is -1.99. The number of benzene rings is 2. The first kappa shape index (κ1) is 10.2. The fourth-order valence-electron chi connectivity index (χ4n) is 1.54. The van der Waals surface area contributed by atoms with Gasteiger partial charge in [-0.3, -0.25) is 4.63 Å². The fraction of sp³-hybridized carbons (Fsp3) is 0. The van der Waals surface area contributed by atoms with Crippen molar-refractivity contribution in [3.8, 4) is 0 Å². The summed E-state index contributed by atoms with van der Waals surface area (Å²) in [6.45, 7) is 0. The summed E-state index contributed by atoms with van der Waals surface area (Å²) in [4.78, 5) is 2.53. The molecule has 1 aromatic heterocycles. The number of nitrogens with zero attached hydrogens (tertiary/aromatic N) is 2. The van der Waals surface area contributed by atoms with Crippen LogP contribution in [0.5, 0.6) is 0 Å². The molecule has 3 rings (SSSR count). The summed E-state index contributed by atoms with van der Waals surface area (Å²) in [5.41, 5.74) is 1.02. The summed E-state index contributed by atoms with van der Waals surface area (Å²) in [5.74, 6) is 0. The van der Waals surface area contributed by atoms with E-state index in [4.69, 9.17) is 0 Å². The summed E-state index contributed by atoms with van der Waals surface area (Å²) in [7, 11) is 0. The third kappa shape index (κ3) is 1.97. The normalized spacial score (nSPS) is 10.8. The third-order valence-electron chi connectivity index (χ3n) is 2.34. The number of hydrogen-bond donors (Lipinski definition) is 0. The van der Waals surface area contributed by atoms with Crippen LogP contribution in [0.15, 0.2) is 63.0 Å². The smallest absolute Gasteiger partial charge is 0.248 e. The Morgan fingerprint density at radius 2 is 1.88 bits per heavy atom. The maximum Gasteiger partial charge on any atom is 0.248 e. The Bertz CT molecular complexity index is 652. The van der Waals surface area contributed by atoms with Gasteiger partial charge in [-0.25, -0.2) is 0 Å². The van der Waals surface area contributed by atoms with Crippen molar-refractivity contribution >= 4 is 22.8 Å². The van der Waals surface area contributed by atoms with Gasteiger partial charge in [0.1, 0.15) is 0 Å². The van der Waals surface area contributed by atoms with Crippen molar-refractivity contribution in [2.24, 2.45) is 0 Å². The molecule has 1 heterocycles. The van der Waals surface area contributed by atoms with Crippen molar-refractivity contribution in [3.05, 3.63) is 53.7 Å². The minimum Gasteiger partial charge on any atom is -0.359 e. The summed E-state index contributed by atoms with van der Waals surface area (Å²) in [5, 5.41) is 14.9. The van der Waals surface area contributed by atoms with Crippen LogP contribution < -0.4 is 4.90 Å². The van der Waals surface area contributed by atoms with Gasteiger partial charge in [-0.15, -0.1) is 0 Å². The molecular weight excluding hydrogens is 236 g/mol. The van der Waals surface area contributed by atoms with E-state index in [1.807, 2.05) is 36.4 Å². The van der Waals surface area contributed by atoms with Crippen LogP contribution in [-0.2, 0) is 0 Å². The van der Waals surface area contributed by atoms with Crippen molar-refractivity contribution < 1.29 is 9.53 Å². The molecule has 2 aromatic carbocycles. The Morgan fingerprint density at radius 3 is 2.71 bits per heavy atom. The zero-order chi connectivity index (χ0) is 11.7. The number of aromatic nitrogens is 2. The molecule has 0 N–H and O–H groups in total. The molecule has 0 unspecified atom stereocenters. The first-order chi connectivity index (χ1) is 8.33. The molecule has 0 saturated carbocycles. The lowest BCUT2D eigenvalue weighted by atomic mass is 10.3. The minimum absolute atomic E-state index is 0.421. The van der Waals surface area contributed by atoms with Gasteiger partial charge in [0.25, 0.3) is 0 Å². The molecule has 3 aromatic rings. The molecule has 84 valence electrons. The molecular formula is C12H8N2O2S. The zero-order valence-corrected chi connectivity index (χ0v) is 9.55. The van der Waals surface area contributed by atoms with Gasteiger partial charge >= 0.3 is 0 Å². The van der Waals surface area contributed by atoms with Crippen LogP contribution in [0.2, 0.25) is 0 Å². The largest absolute Gasteiger partial charge is 0.359 e. The second-order valence-electron chi connectivity index (χ2n) is 3.50. The molecule has 0 fully saturated rings. The molecule has 0 saturated heterocycles. The van der Waals surface area contributed by atoms with Crippen LogP contribution in [0.3, 0.4) is 0 Å². The average molecular weight is 244 g/mol. The Balaban J connectivity index is 1.98. The fourth-order valence-corrected chi connectivity index (χ4v) is 2.41. The van der Waals surface area contributed by atoms with Gasteiger partial charge in [0.05, 0.1) is 0 Å². The van der Waals surface area contributed by atoms with E-state index in [9.17, 15) is 5.21 Å². The van der Waals surface area contributed by atoms with Crippen molar-refractivity contribution in [2.45, 2.75) is 9.79 Å². The highest BCUT2D eigenvalue weighted by molar-refractivity contribution is 7.99. The van der Waals surface area contributed by atoms with E-state index < -0.39 is 0 Å². The van der Waals surface area contributed by atoms with Crippen LogP contribution >= 0.6 is 11.8 Å². The van der Waals surface area contributed by atoms with Crippen LogP contribution in [0, 0.1) is 5.21 Å². The topological polar surface area (TPSA) is 53.0 Å². The Labute approximate surface area is 101 Å². The van der Waals surface area contributed by atoms with E-state index in [1.54, 1.807) is 23.9 Å². The number of hydrogen-bond acceptors (Lipinski definition) is 4. The second kappa shape index (κ2) is 4.10. The molecule has 0 aliphatic heterocycles. The third-order valence-corrected chi connectivity index (χ3v) is 3.33. The van der Waals surface area contributed by atoms with Crippen LogP contribution in [0.25, 0.3) is 11.0 Å². The van der Waals surface area contributed by atoms with E-state index in [0.29, 0.717) is 15.9 Å². The lowest BCUT2D eigenvalue weighted by Crippen LogP contribution is -2.22. The maximum absolute atomic E-state index is 11.3. The van der Waals surface area contributed by atoms with E-state index in [2.05, 4.69) is 9.79 Å². The van der Waals surface area contributed by atoms with Gasteiger partial charge in [0.2, 0.25) is 11.0 Å². The summed E-state index contributed by atoms with van der Waals surface area (Å²) < 4.78 is 4.52. The van der Waals surface area contributed by atoms with Gasteiger partial charge < -0.3 is 5.21 Å². The Hall–Kier alpha value is -2.01.